The Balaban J connectivity index is 1.70. The maximum Gasteiger partial charge on any atom is 0.103 e. The predicted octanol–water partition coefficient (Wildman–Crippen LogP) is 0.791. The van der Waals surface area contributed by atoms with Gasteiger partial charge in [0.15, 0.2) is 0 Å². The maximum absolute atomic E-state index is 10.6. The largest absolute Gasteiger partial charge is 0.386 e. The molecule has 1 fully saturated rings. The summed E-state index contributed by atoms with van der Waals surface area (Å²) in [6.45, 7) is 1.79. The number of benzene rings is 1. The van der Waals surface area contributed by atoms with E-state index in [4.69, 9.17) is 5.26 Å². The minimum Gasteiger partial charge on any atom is -0.386 e. The van der Waals surface area contributed by atoms with Crippen molar-refractivity contribution in [1.29, 1.82) is 5.26 Å². The molecule has 1 aromatic carbocycles. The van der Waals surface area contributed by atoms with Gasteiger partial charge in [-0.1, -0.05) is 5.21 Å². The molecule has 1 unspecified atom stereocenters. The molecule has 0 radical (unpaired) electrons. The number of hydrogen-bond donors (Lipinski definition) is 1. The number of β-amino-alcohol motifs (C(OH)–C–C–N with tert-alkyl or cyclic N) is 1. The van der Waals surface area contributed by atoms with Gasteiger partial charge in [0.25, 0.3) is 0 Å². The van der Waals surface area contributed by atoms with Gasteiger partial charge in [-0.2, -0.15) is 5.26 Å². The third-order valence-corrected chi connectivity index (χ3v) is 3.62. The molecule has 6 heteroatoms. The molecule has 0 spiro atoms. The summed E-state index contributed by atoms with van der Waals surface area (Å²) in [5, 5.41) is 27.1. The number of hydrogen-bond acceptors (Lipinski definition) is 5. The predicted molar refractivity (Wildman–Crippen MR) is 73.0 cm³/mol. The first kappa shape index (κ1) is 12.6. The van der Waals surface area contributed by atoms with Crippen LogP contribution in [0.3, 0.4) is 0 Å². The molecule has 2 aromatic rings. The van der Waals surface area contributed by atoms with Crippen LogP contribution in [-0.2, 0) is 6.54 Å². The Morgan fingerprint density at radius 3 is 2.80 bits per heavy atom. The lowest BCUT2D eigenvalue weighted by molar-refractivity contribution is 0.0409. The van der Waals surface area contributed by atoms with E-state index in [2.05, 4.69) is 21.3 Å². The van der Waals surface area contributed by atoms with E-state index < -0.39 is 5.60 Å². The third-order valence-electron chi connectivity index (χ3n) is 3.62. The molecule has 102 valence electrons. The van der Waals surface area contributed by atoms with Gasteiger partial charge in [0.1, 0.15) is 5.60 Å². The Kier molecular flexibility index (Phi) is 3.12. The average Bonchev–Trinajstić information content (AvgIpc) is 3.09. The number of rotatable bonds is 3. The van der Waals surface area contributed by atoms with Gasteiger partial charge in [0, 0.05) is 25.0 Å². The minimum absolute atomic E-state index is 0.444. The summed E-state index contributed by atoms with van der Waals surface area (Å²) in [6, 6.07) is 9.53. The van der Waals surface area contributed by atoms with Crippen LogP contribution in [0.15, 0.2) is 36.7 Å². The van der Waals surface area contributed by atoms with Crippen LogP contribution in [0.25, 0.3) is 0 Å². The van der Waals surface area contributed by atoms with Crippen molar-refractivity contribution in [2.24, 2.45) is 0 Å². The van der Waals surface area contributed by atoms with Crippen molar-refractivity contribution in [2.45, 2.75) is 18.6 Å². The Labute approximate surface area is 116 Å². The fourth-order valence-electron chi connectivity index (χ4n) is 2.57. The summed E-state index contributed by atoms with van der Waals surface area (Å²) < 4.78 is 1.66. The van der Waals surface area contributed by atoms with E-state index in [1.165, 1.54) is 0 Å². The van der Waals surface area contributed by atoms with Gasteiger partial charge < -0.3 is 10.0 Å². The van der Waals surface area contributed by atoms with Crippen molar-refractivity contribution in [3.8, 4) is 6.07 Å². The first-order valence-corrected chi connectivity index (χ1v) is 6.50. The molecule has 6 nitrogen and oxygen atoms in total. The van der Waals surface area contributed by atoms with Crippen molar-refractivity contribution in [3.63, 3.8) is 0 Å². The number of nitriles is 1. The maximum atomic E-state index is 10.6. The molecule has 1 aliphatic rings. The minimum atomic E-state index is -0.790. The van der Waals surface area contributed by atoms with Gasteiger partial charge in [-0.15, -0.1) is 5.10 Å². The Morgan fingerprint density at radius 2 is 2.15 bits per heavy atom. The molecule has 3 rings (SSSR count). The van der Waals surface area contributed by atoms with Crippen molar-refractivity contribution in [1.82, 2.24) is 15.0 Å². The van der Waals surface area contributed by atoms with Crippen LogP contribution in [0, 0.1) is 11.3 Å². The molecule has 1 aromatic heterocycles. The Bertz CT molecular complexity index is 616. The average molecular weight is 269 g/mol. The number of aromatic nitrogens is 3. The summed E-state index contributed by atoms with van der Waals surface area (Å²) in [5.41, 5.74) is 0.881. The zero-order valence-corrected chi connectivity index (χ0v) is 11.0. The van der Waals surface area contributed by atoms with Crippen molar-refractivity contribution < 1.29 is 5.11 Å². The molecule has 0 bridgehead atoms. The van der Waals surface area contributed by atoms with Crippen LogP contribution < -0.4 is 4.90 Å². The van der Waals surface area contributed by atoms with Gasteiger partial charge in [0.05, 0.1) is 24.4 Å². The molecule has 0 aliphatic carbocycles. The van der Waals surface area contributed by atoms with Gasteiger partial charge in [0.2, 0.25) is 0 Å². The highest BCUT2D eigenvalue weighted by Gasteiger charge is 2.36. The molecule has 0 amide bonds. The zero-order chi connectivity index (χ0) is 14.0. The summed E-state index contributed by atoms with van der Waals surface area (Å²) in [6.07, 6.45) is 4.05. The van der Waals surface area contributed by atoms with Crippen LogP contribution >= 0.6 is 0 Å². The lowest BCUT2D eigenvalue weighted by Gasteiger charge is -2.24. The quantitative estimate of drug-likeness (QED) is 0.891. The first-order chi connectivity index (χ1) is 9.68. The molecular formula is C14H15N5O. The molecule has 1 atom stereocenters. The molecule has 2 heterocycles. The number of nitrogens with zero attached hydrogens (tertiary/aromatic N) is 5. The fraction of sp³-hybridized carbons (Fsp3) is 0.357. The molecular weight excluding hydrogens is 254 g/mol. The van der Waals surface area contributed by atoms with Crippen LogP contribution in [0.4, 0.5) is 5.69 Å². The van der Waals surface area contributed by atoms with E-state index in [0.29, 0.717) is 25.1 Å². The van der Waals surface area contributed by atoms with Crippen LogP contribution in [0.5, 0.6) is 0 Å². The normalized spacial score (nSPS) is 21.9. The smallest absolute Gasteiger partial charge is 0.103 e. The van der Waals surface area contributed by atoms with Crippen LogP contribution in [0.2, 0.25) is 0 Å². The Hall–Kier alpha value is -2.39. The van der Waals surface area contributed by atoms with Gasteiger partial charge in [-0.3, -0.25) is 0 Å². The highest BCUT2D eigenvalue weighted by atomic mass is 16.3. The van der Waals surface area contributed by atoms with E-state index >= 15 is 0 Å². The van der Waals surface area contributed by atoms with Crippen LogP contribution in [-0.4, -0.2) is 38.8 Å². The first-order valence-electron chi connectivity index (χ1n) is 6.50. The van der Waals surface area contributed by atoms with E-state index in [1.807, 2.05) is 12.1 Å². The van der Waals surface area contributed by atoms with Crippen molar-refractivity contribution in [3.05, 3.63) is 42.2 Å². The SMILES string of the molecule is N#Cc1ccc(N2CCC(O)(Cn3ccnn3)C2)cc1. The molecule has 1 N–H and O–H groups in total. The van der Waals surface area contributed by atoms with E-state index in [0.717, 1.165) is 12.2 Å². The van der Waals surface area contributed by atoms with Crippen LogP contribution in [0.1, 0.15) is 12.0 Å². The molecule has 1 saturated heterocycles. The standard InChI is InChI=1S/C14H15N5O/c15-9-12-1-3-13(4-2-12)18-7-5-14(20,10-18)11-19-8-6-16-17-19/h1-4,6,8,20H,5,7,10-11H2. The third kappa shape index (κ3) is 2.49. The van der Waals surface area contributed by atoms with Gasteiger partial charge in [-0.05, 0) is 30.7 Å². The highest BCUT2D eigenvalue weighted by molar-refractivity contribution is 5.51. The van der Waals surface area contributed by atoms with E-state index in [1.54, 1.807) is 29.2 Å². The lowest BCUT2D eigenvalue weighted by Crippen LogP contribution is -2.37. The monoisotopic (exact) mass is 269 g/mol. The second-order valence-corrected chi connectivity index (χ2v) is 5.16. The van der Waals surface area contributed by atoms with Crippen molar-refractivity contribution in [2.75, 3.05) is 18.0 Å². The Morgan fingerprint density at radius 1 is 1.35 bits per heavy atom. The zero-order valence-electron chi connectivity index (χ0n) is 11.0. The summed E-state index contributed by atoms with van der Waals surface area (Å²) in [5.74, 6) is 0. The van der Waals surface area contributed by atoms with Gasteiger partial charge >= 0.3 is 0 Å². The fourth-order valence-corrected chi connectivity index (χ4v) is 2.57. The number of aliphatic hydroxyl groups is 1. The number of anilines is 1. The summed E-state index contributed by atoms with van der Waals surface area (Å²) in [7, 11) is 0. The summed E-state index contributed by atoms with van der Waals surface area (Å²) >= 11 is 0. The molecule has 20 heavy (non-hydrogen) atoms. The molecule has 1 aliphatic heterocycles. The highest BCUT2D eigenvalue weighted by Crippen LogP contribution is 2.28. The molecule has 0 saturated carbocycles. The van der Waals surface area contributed by atoms with Crippen molar-refractivity contribution >= 4 is 5.69 Å². The second kappa shape index (κ2) is 4.94. The van der Waals surface area contributed by atoms with E-state index in [-0.39, 0.29) is 0 Å². The second-order valence-electron chi connectivity index (χ2n) is 5.16. The van der Waals surface area contributed by atoms with Gasteiger partial charge in [-0.25, -0.2) is 4.68 Å². The summed E-state index contributed by atoms with van der Waals surface area (Å²) in [4.78, 5) is 2.12. The van der Waals surface area contributed by atoms with E-state index in [9.17, 15) is 5.11 Å². The topological polar surface area (TPSA) is 78.0 Å². The lowest BCUT2D eigenvalue weighted by atomic mass is 10.0.